The molecule has 1 N–H and O–H groups in total. The molecule has 1 aliphatic heterocycles. The number of nitrogens with one attached hydrogen (secondary N) is 1. The predicted octanol–water partition coefficient (Wildman–Crippen LogP) is 3.71. The number of aromatic nitrogens is 1. The van der Waals surface area contributed by atoms with E-state index < -0.39 is 0 Å². The summed E-state index contributed by atoms with van der Waals surface area (Å²) in [7, 11) is 1.64. The number of likely N-dealkylation sites (tertiary alicyclic amines) is 1. The maximum atomic E-state index is 12.5. The second-order valence-corrected chi connectivity index (χ2v) is 6.29. The Bertz CT molecular complexity index is 700. The molecule has 1 aliphatic rings. The Labute approximate surface area is 142 Å². The monoisotopic (exact) mass is 325 g/mol. The number of pyridine rings is 1. The summed E-state index contributed by atoms with van der Waals surface area (Å²) in [5.41, 5.74) is 2.26. The molecule has 0 bridgehead atoms. The van der Waals surface area contributed by atoms with Gasteiger partial charge in [0.05, 0.1) is 19.0 Å². The number of carbonyl (C=O) groups is 1. The molecule has 5 heteroatoms. The Morgan fingerprint density at radius 1 is 1.29 bits per heavy atom. The number of methoxy groups -OCH3 is 1. The highest BCUT2D eigenvalue weighted by molar-refractivity contribution is 5.92. The molecule has 3 rings (SSSR count). The van der Waals surface area contributed by atoms with Gasteiger partial charge in [0.2, 0.25) is 0 Å². The number of rotatable bonds is 4. The van der Waals surface area contributed by atoms with Crippen LogP contribution in [0.2, 0.25) is 0 Å². The lowest BCUT2D eigenvalue weighted by Crippen LogP contribution is -2.39. The number of nitrogens with zero attached hydrogens (tertiary/aromatic N) is 2. The Kier molecular flexibility index (Phi) is 4.99. The molecular formula is C19H23N3O2. The summed E-state index contributed by atoms with van der Waals surface area (Å²) >= 11 is 0. The highest BCUT2D eigenvalue weighted by Gasteiger charge is 2.22. The molecular weight excluding hydrogens is 302 g/mol. The first kappa shape index (κ1) is 16.3. The average molecular weight is 325 g/mol. The molecule has 1 atom stereocenters. The number of ether oxygens (including phenoxy) is 1. The maximum Gasteiger partial charge on any atom is 0.272 e. The number of hydrogen-bond acceptors (Lipinski definition) is 4. The van der Waals surface area contributed by atoms with Crippen molar-refractivity contribution in [3.63, 3.8) is 0 Å². The number of carbonyl (C=O) groups excluding carboxylic acids is 1. The molecule has 0 aliphatic carbocycles. The van der Waals surface area contributed by atoms with Gasteiger partial charge in [-0.3, -0.25) is 4.79 Å². The van der Waals surface area contributed by atoms with Crippen molar-refractivity contribution in [1.82, 2.24) is 9.88 Å². The number of benzene rings is 1. The molecule has 0 radical (unpaired) electrons. The average Bonchev–Trinajstić information content (AvgIpc) is 2.62. The van der Waals surface area contributed by atoms with E-state index in [4.69, 9.17) is 4.74 Å². The maximum absolute atomic E-state index is 12.5. The van der Waals surface area contributed by atoms with Gasteiger partial charge in [0, 0.05) is 24.8 Å². The van der Waals surface area contributed by atoms with Crippen LogP contribution in [0, 0.1) is 5.92 Å². The van der Waals surface area contributed by atoms with Gasteiger partial charge in [0.1, 0.15) is 11.4 Å². The molecule has 126 valence electrons. The van der Waals surface area contributed by atoms with Crippen molar-refractivity contribution in [2.45, 2.75) is 19.8 Å². The zero-order valence-corrected chi connectivity index (χ0v) is 14.2. The van der Waals surface area contributed by atoms with E-state index in [9.17, 15) is 4.79 Å². The SMILES string of the molecule is COc1cccc(Nc2ccc(C(=O)N3CCCC(C)C3)nc2)c1. The van der Waals surface area contributed by atoms with Crippen LogP contribution in [0.15, 0.2) is 42.6 Å². The molecule has 2 heterocycles. The first-order valence-electron chi connectivity index (χ1n) is 8.32. The van der Waals surface area contributed by atoms with Crippen LogP contribution in [0.3, 0.4) is 0 Å². The molecule has 1 aromatic heterocycles. The first-order valence-corrected chi connectivity index (χ1v) is 8.32. The summed E-state index contributed by atoms with van der Waals surface area (Å²) in [5.74, 6) is 1.38. The smallest absolute Gasteiger partial charge is 0.272 e. The van der Waals surface area contributed by atoms with Gasteiger partial charge in [0.25, 0.3) is 5.91 Å². The molecule has 1 unspecified atom stereocenters. The van der Waals surface area contributed by atoms with Crippen molar-refractivity contribution in [2.24, 2.45) is 5.92 Å². The van der Waals surface area contributed by atoms with Crippen LogP contribution >= 0.6 is 0 Å². The molecule has 1 saturated heterocycles. The van der Waals surface area contributed by atoms with Gasteiger partial charge < -0.3 is 15.0 Å². The summed E-state index contributed by atoms with van der Waals surface area (Å²) in [6, 6.07) is 11.3. The van der Waals surface area contributed by atoms with Gasteiger partial charge in [-0.25, -0.2) is 4.98 Å². The third kappa shape index (κ3) is 3.85. The molecule has 1 amide bonds. The van der Waals surface area contributed by atoms with Crippen molar-refractivity contribution in [3.8, 4) is 5.75 Å². The van der Waals surface area contributed by atoms with Gasteiger partial charge in [-0.1, -0.05) is 13.0 Å². The van der Waals surface area contributed by atoms with Crippen LogP contribution in [0.5, 0.6) is 5.75 Å². The highest BCUT2D eigenvalue weighted by Crippen LogP contribution is 2.22. The molecule has 0 saturated carbocycles. The van der Waals surface area contributed by atoms with Crippen LogP contribution in [0.1, 0.15) is 30.3 Å². The van der Waals surface area contributed by atoms with E-state index in [0.717, 1.165) is 36.6 Å². The lowest BCUT2D eigenvalue weighted by molar-refractivity contribution is 0.0677. The number of amides is 1. The normalized spacial score (nSPS) is 17.4. The van der Waals surface area contributed by atoms with Crippen LogP contribution in [0.25, 0.3) is 0 Å². The summed E-state index contributed by atoms with van der Waals surface area (Å²) in [6.45, 7) is 3.84. The van der Waals surface area contributed by atoms with E-state index in [1.165, 1.54) is 6.42 Å². The van der Waals surface area contributed by atoms with Crippen molar-refractivity contribution in [3.05, 3.63) is 48.3 Å². The van der Waals surface area contributed by atoms with Gasteiger partial charge in [0.15, 0.2) is 0 Å². The second-order valence-electron chi connectivity index (χ2n) is 6.29. The summed E-state index contributed by atoms with van der Waals surface area (Å²) in [4.78, 5) is 18.8. The molecule has 24 heavy (non-hydrogen) atoms. The van der Waals surface area contributed by atoms with Crippen molar-refractivity contribution < 1.29 is 9.53 Å². The zero-order chi connectivity index (χ0) is 16.9. The number of anilines is 2. The Morgan fingerprint density at radius 3 is 2.88 bits per heavy atom. The standard InChI is InChI=1S/C19H23N3O2/c1-14-5-4-10-22(13-14)19(23)18-9-8-16(12-20-18)21-15-6-3-7-17(11-15)24-2/h3,6-9,11-12,14,21H,4-5,10,13H2,1-2H3. The fraction of sp³-hybridized carbons (Fsp3) is 0.368. The van der Waals surface area contributed by atoms with Crippen LogP contribution in [0.4, 0.5) is 11.4 Å². The predicted molar refractivity (Wildman–Crippen MR) is 94.8 cm³/mol. The number of hydrogen-bond donors (Lipinski definition) is 1. The molecule has 1 fully saturated rings. The molecule has 5 nitrogen and oxygen atoms in total. The number of piperidine rings is 1. The van der Waals surface area contributed by atoms with Gasteiger partial charge in [-0.2, -0.15) is 0 Å². The van der Waals surface area contributed by atoms with E-state index in [-0.39, 0.29) is 5.91 Å². The minimum absolute atomic E-state index is 0.0227. The molecule has 1 aromatic carbocycles. The quantitative estimate of drug-likeness (QED) is 0.931. The van der Waals surface area contributed by atoms with E-state index in [0.29, 0.717) is 11.6 Å². The molecule has 0 spiro atoms. The zero-order valence-electron chi connectivity index (χ0n) is 14.2. The third-order valence-electron chi connectivity index (χ3n) is 4.29. The first-order chi connectivity index (χ1) is 11.7. The third-order valence-corrected chi connectivity index (χ3v) is 4.29. The Morgan fingerprint density at radius 2 is 2.17 bits per heavy atom. The van der Waals surface area contributed by atoms with E-state index in [2.05, 4.69) is 17.2 Å². The van der Waals surface area contributed by atoms with Crippen LogP contribution in [-0.2, 0) is 0 Å². The lowest BCUT2D eigenvalue weighted by atomic mass is 10.00. The van der Waals surface area contributed by atoms with Crippen LogP contribution < -0.4 is 10.1 Å². The largest absolute Gasteiger partial charge is 0.497 e. The van der Waals surface area contributed by atoms with E-state index >= 15 is 0 Å². The van der Waals surface area contributed by atoms with E-state index in [1.54, 1.807) is 19.4 Å². The summed E-state index contributed by atoms with van der Waals surface area (Å²) < 4.78 is 5.21. The van der Waals surface area contributed by atoms with Crippen molar-refractivity contribution >= 4 is 17.3 Å². The summed E-state index contributed by atoms with van der Waals surface area (Å²) in [6.07, 6.45) is 3.96. The lowest BCUT2D eigenvalue weighted by Gasteiger charge is -2.30. The second kappa shape index (κ2) is 7.34. The van der Waals surface area contributed by atoms with Crippen molar-refractivity contribution in [1.29, 1.82) is 0 Å². The van der Waals surface area contributed by atoms with Gasteiger partial charge >= 0.3 is 0 Å². The minimum Gasteiger partial charge on any atom is -0.497 e. The van der Waals surface area contributed by atoms with Crippen molar-refractivity contribution in [2.75, 3.05) is 25.5 Å². The van der Waals surface area contributed by atoms with Crippen LogP contribution in [-0.4, -0.2) is 36.0 Å². The fourth-order valence-electron chi connectivity index (χ4n) is 3.00. The topological polar surface area (TPSA) is 54.5 Å². The van der Waals surface area contributed by atoms with E-state index in [1.807, 2.05) is 35.2 Å². The summed E-state index contributed by atoms with van der Waals surface area (Å²) in [5, 5.41) is 3.26. The Balaban J connectivity index is 1.67. The molecule has 2 aromatic rings. The Hall–Kier alpha value is -2.56. The minimum atomic E-state index is 0.0227. The van der Waals surface area contributed by atoms with Gasteiger partial charge in [-0.15, -0.1) is 0 Å². The highest BCUT2D eigenvalue weighted by atomic mass is 16.5. The van der Waals surface area contributed by atoms with Gasteiger partial charge in [-0.05, 0) is 43.0 Å². The fourth-order valence-corrected chi connectivity index (χ4v) is 3.00.